The van der Waals surface area contributed by atoms with Crippen molar-refractivity contribution in [2.24, 2.45) is 0 Å². The van der Waals surface area contributed by atoms with Gasteiger partial charge in [0.15, 0.2) is 0 Å². The van der Waals surface area contributed by atoms with E-state index in [1.807, 2.05) is 19.1 Å². The van der Waals surface area contributed by atoms with E-state index in [4.69, 9.17) is 9.72 Å². The maximum absolute atomic E-state index is 10.1. The molecule has 2 saturated heterocycles. The fraction of sp³-hybridized carbons (Fsp3) is 0.400. The summed E-state index contributed by atoms with van der Waals surface area (Å²) in [6, 6.07) is 5.55. The molecule has 0 atom stereocenters. The lowest BCUT2D eigenvalue weighted by Gasteiger charge is -2.32. The van der Waals surface area contributed by atoms with Gasteiger partial charge in [0.25, 0.3) is 0 Å². The number of fused-ring (bicyclic) bond motifs is 1. The van der Waals surface area contributed by atoms with Crippen LogP contribution in [0.4, 0.5) is 17.6 Å². The van der Waals surface area contributed by atoms with Crippen molar-refractivity contribution < 1.29 is 9.84 Å². The Kier molecular flexibility index (Phi) is 7.49. The molecule has 2 aliphatic rings. The van der Waals surface area contributed by atoms with Gasteiger partial charge in [-0.15, -0.1) is 11.3 Å². The Morgan fingerprint density at radius 2 is 1.81 bits per heavy atom. The summed E-state index contributed by atoms with van der Waals surface area (Å²) in [5.41, 5.74) is 2.37. The van der Waals surface area contributed by atoms with Crippen molar-refractivity contribution in [1.29, 1.82) is 0 Å². The van der Waals surface area contributed by atoms with Gasteiger partial charge in [-0.3, -0.25) is 4.98 Å². The van der Waals surface area contributed by atoms with Gasteiger partial charge in [0, 0.05) is 69.6 Å². The minimum Gasteiger partial charge on any atom is -0.506 e. The molecule has 0 aromatic carbocycles. The molecule has 0 unspecified atom stereocenters. The van der Waals surface area contributed by atoms with Crippen molar-refractivity contribution in [2.75, 3.05) is 56.7 Å². The van der Waals surface area contributed by atoms with Gasteiger partial charge >= 0.3 is 0 Å². The van der Waals surface area contributed by atoms with E-state index in [1.54, 1.807) is 18.5 Å². The van der Waals surface area contributed by atoms with Crippen LogP contribution in [0.1, 0.15) is 18.5 Å². The number of likely N-dealkylation sites (N-methyl/N-ethyl adjacent to an activating group) is 1. The van der Waals surface area contributed by atoms with Crippen LogP contribution in [0.2, 0.25) is 0 Å². The lowest BCUT2D eigenvalue weighted by atomic mass is 10.2. The fourth-order valence-corrected chi connectivity index (χ4v) is 4.94. The fourth-order valence-electron chi connectivity index (χ4n) is 3.99. The summed E-state index contributed by atoms with van der Waals surface area (Å²) in [6.45, 7) is 7.78. The Bertz CT molecular complexity index is 1310. The number of hydrogen-bond acceptors (Lipinski definition) is 11. The van der Waals surface area contributed by atoms with E-state index >= 15 is 0 Å². The lowest BCUT2D eigenvalue weighted by Crippen LogP contribution is -2.45. The molecule has 36 heavy (non-hydrogen) atoms. The Hall–Kier alpha value is -3.41. The average Bonchev–Trinajstić information content (AvgIpc) is 3.58. The number of nitrogens with zero attached hydrogens (tertiary/aromatic N) is 7. The third-order valence-corrected chi connectivity index (χ3v) is 7.06. The molecular formula is C25H30N8O2S. The monoisotopic (exact) mass is 506 g/mol. The number of anilines is 3. The number of aryl methyl sites for hydroxylation is 1. The quantitative estimate of drug-likeness (QED) is 0.423. The lowest BCUT2D eigenvalue weighted by molar-refractivity contribution is 0.198. The molecule has 10 nitrogen and oxygen atoms in total. The standard InChI is InChI=1S/C21H22N8OS.C4H8O/c1-13-9-19(27-21(24-13)29-7-5-28(2)6-8-29)26-18-10-15-17(12-23-18)31-20(25-15)14-3-4-22-11-16(14)30;1-2-4-5-3-1/h3-4,9-12,30H,5-8H2,1-2H3,(H,23,24,26,27);1-4H2. The highest BCUT2D eigenvalue weighted by Gasteiger charge is 2.18. The van der Waals surface area contributed by atoms with Crippen molar-refractivity contribution in [3.8, 4) is 16.3 Å². The first-order chi connectivity index (χ1) is 17.5. The highest BCUT2D eigenvalue weighted by molar-refractivity contribution is 7.21. The Morgan fingerprint density at radius 3 is 2.53 bits per heavy atom. The largest absolute Gasteiger partial charge is 0.506 e. The number of piperazine rings is 1. The molecule has 6 heterocycles. The van der Waals surface area contributed by atoms with E-state index in [9.17, 15) is 5.11 Å². The summed E-state index contributed by atoms with van der Waals surface area (Å²) in [6.07, 6.45) is 7.40. The number of hydrogen-bond donors (Lipinski definition) is 2. The summed E-state index contributed by atoms with van der Waals surface area (Å²) < 4.78 is 5.88. The van der Waals surface area contributed by atoms with Crippen LogP contribution in [0.3, 0.4) is 0 Å². The van der Waals surface area contributed by atoms with Gasteiger partial charge in [-0.2, -0.15) is 4.98 Å². The number of pyridine rings is 2. The zero-order valence-electron chi connectivity index (χ0n) is 20.5. The van der Waals surface area contributed by atoms with Gasteiger partial charge in [0.2, 0.25) is 5.95 Å². The van der Waals surface area contributed by atoms with Crippen molar-refractivity contribution in [2.45, 2.75) is 19.8 Å². The highest BCUT2D eigenvalue weighted by Crippen LogP contribution is 2.35. The SMILES string of the molecule is C1CCOC1.Cc1cc(Nc2cc3nc(-c4ccncc4O)sc3cn2)nc(N2CCN(C)CC2)n1. The molecule has 0 amide bonds. The maximum Gasteiger partial charge on any atom is 0.227 e. The third-order valence-electron chi connectivity index (χ3n) is 6.02. The Morgan fingerprint density at radius 1 is 1.00 bits per heavy atom. The molecule has 11 heteroatoms. The van der Waals surface area contributed by atoms with Gasteiger partial charge < -0.3 is 25.0 Å². The van der Waals surface area contributed by atoms with Gasteiger partial charge in [-0.25, -0.2) is 15.0 Å². The molecule has 2 aliphatic heterocycles. The molecule has 0 bridgehead atoms. The zero-order valence-corrected chi connectivity index (χ0v) is 21.3. The van der Waals surface area contributed by atoms with Crippen LogP contribution in [0, 0.1) is 6.92 Å². The molecule has 4 aromatic heterocycles. The highest BCUT2D eigenvalue weighted by atomic mass is 32.1. The molecule has 0 spiro atoms. The second-order valence-corrected chi connectivity index (χ2v) is 9.91. The van der Waals surface area contributed by atoms with Crippen molar-refractivity contribution in [3.05, 3.63) is 42.5 Å². The topological polar surface area (TPSA) is 112 Å². The summed E-state index contributed by atoms with van der Waals surface area (Å²) in [5, 5.41) is 14.1. The van der Waals surface area contributed by atoms with Gasteiger partial charge in [0.1, 0.15) is 22.4 Å². The first-order valence-corrected chi connectivity index (χ1v) is 12.9. The second-order valence-electron chi connectivity index (χ2n) is 8.88. The van der Waals surface area contributed by atoms with E-state index in [2.05, 4.69) is 42.1 Å². The van der Waals surface area contributed by atoms with Crippen molar-refractivity contribution in [1.82, 2.24) is 29.8 Å². The third kappa shape index (κ3) is 5.86. The van der Waals surface area contributed by atoms with E-state index in [-0.39, 0.29) is 5.75 Å². The number of nitrogens with one attached hydrogen (secondary N) is 1. The molecule has 2 N–H and O–H groups in total. The van der Waals surface area contributed by atoms with Crippen LogP contribution in [-0.2, 0) is 4.74 Å². The molecule has 0 radical (unpaired) electrons. The normalized spacial score (nSPS) is 16.1. The minimum absolute atomic E-state index is 0.112. The second kappa shape index (κ2) is 11.1. The van der Waals surface area contributed by atoms with Gasteiger partial charge in [0.05, 0.1) is 22.0 Å². The van der Waals surface area contributed by atoms with E-state index < -0.39 is 0 Å². The van der Waals surface area contributed by atoms with Gasteiger partial charge in [-0.05, 0) is 32.9 Å². The number of aromatic nitrogens is 5. The first kappa shape index (κ1) is 24.3. The molecule has 2 fully saturated rings. The minimum atomic E-state index is 0.112. The van der Waals surface area contributed by atoms with Crippen LogP contribution in [0.15, 0.2) is 36.8 Å². The maximum atomic E-state index is 10.1. The number of ether oxygens (including phenoxy) is 1. The molecular weight excluding hydrogens is 476 g/mol. The van der Waals surface area contributed by atoms with Crippen LogP contribution < -0.4 is 10.2 Å². The van der Waals surface area contributed by atoms with Crippen LogP contribution in [-0.4, -0.2) is 81.4 Å². The molecule has 188 valence electrons. The predicted octanol–water partition coefficient (Wildman–Crippen LogP) is 3.85. The smallest absolute Gasteiger partial charge is 0.227 e. The van der Waals surface area contributed by atoms with E-state index in [0.29, 0.717) is 17.2 Å². The summed E-state index contributed by atoms with van der Waals surface area (Å²) in [7, 11) is 2.13. The summed E-state index contributed by atoms with van der Waals surface area (Å²) in [5.74, 6) is 2.21. The average molecular weight is 507 g/mol. The van der Waals surface area contributed by atoms with Gasteiger partial charge in [-0.1, -0.05) is 0 Å². The predicted molar refractivity (Wildman–Crippen MR) is 142 cm³/mol. The number of rotatable bonds is 4. The van der Waals surface area contributed by atoms with Crippen LogP contribution >= 0.6 is 11.3 Å². The van der Waals surface area contributed by atoms with E-state index in [0.717, 1.165) is 66.3 Å². The summed E-state index contributed by atoms with van der Waals surface area (Å²) in [4.78, 5) is 26.9. The zero-order chi connectivity index (χ0) is 24.9. The summed E-state index contributed by atoms with van der Waals surface area (Å²) >= 11 is 1.48. The van der Waals surface area contributed by atoms with E-state index in [1.165, 1.54) is 30.4 Å². The number of aromatic hydroxyl groups is 1. The number of thiazole rings is 1. The van der Waals surface area contributed by atoms with Crippen LogP contribution in [0.5, 0.6) is 5.75 Å². The van der Waals surface area contributed by atoms with Crippen LogP contribution in [0.25, 0.3) is 20.8 Å². The molecule has 0 saturated carbocycles. The first-order valence-electron chi connectivity index (χ1n) is 12.1. The molecule has 4 aromatic rings. The molecule has 6 rings (SSSR count). The Balaban J connectivity index is 0.000000477. The Labute approximate surface area is 214 Å². The van der Waals surface area contributed by atoms with Crippen molar-refractivity contribution >= 4 is 39.1 Å². The molecule has 0 aliphatic carbocycles. The van der Waals surface area contributed by atoms with Crippen molar-refractivity contribution in [3.63, 3.8) is 0 Å².